The van der Waals surface area contributed by atoms with E-state index in [0.717, 1.165) is 17.5 Å². The number of rotatable bonds is 11. The van der Waals surface area contributed by atoms with Gasteiger partial charge in [-0.1, -0.05) is 66.7 Å². The largest absolute Gasteiger partial charge is 0.464 e. The molecule has 4 rings (SSSR count). The molecule has 0 spiro atoms. The maximum absolute atomic E-state index is 11.7. The zero-order valence-corrected chi connectivity index (χ0v) is 19.7. The van der Waals surface area contributed by atoms with Gasteiger partial charge in [0.05, 0.1) is 32.5 Å². The van der Waals surface area contributed by atoms with E-state index >= 15 is 0 Å². The van der Waals surface area contributed by atoms with Crippen molar-refractivity contribution in [3.8, 4) is 0 Å². The van der Waals surface area contributed by atoms with E-state index in [9.17, 15) is 4.79 Å². The number of carbonyl (C=O) groups excluding carboxylic acids is 1. The van der Waals surface area contributed by atoms with E-state index in [-0.39, 0.29) is 24.6 Å². The highest BCUT2D eigenvalue weighted by molar-refractivity contribution is 5.82. The van der Waals surface area contributed by atoms with Crippen LogP contribution in [0.25, 0.3) is 10.8 Å². The first kappa shape index (κ1) is 24.4. The van der Waals surface area contributed by atoms with Gasteiger partial charge in [-0.2, -0.15) is 5.06 Å². The number of piperidine rings is 1. The third-order valence-electron chi connectivity index (χ3n) is 6.02. The van der Waals surface area contributed by atoms with Crippen LogP contribution in [0.3, 0.4) is 0 Å². The number of esters is 1. The zero-order valence-electron chi connectivity index (χ0n) is 19.7. The molecule has 0 N–H and O–H groups in total. The van der Waals surface area contributed by atoms with Gasteiger partial charge in [0, 0.05) is 19.0 Å². The summed E-state index contributed by atoms with van der Waals surface area (Å²) in [6.45, 7) is 5.05. The lowest BCUT2D eigenvalue weighted by atomic mass is 9.96. The minimum atomic E-state index is -0.353. The van der Waals surface area contributed by atoms with E-state index in [2.05, 4.69) is 54.6 Å². The molecule has 0 amide bonds. The summed E-state index contributed by atoms with van der Waals surface area (Å²) in [5.74, 6) is -0.228. The molecule has 180 valence electrons. The van der Waals surface area contributed by atoms with Gasteiger partial charge in [-0.15, -0.1) is 0 Å². The number of carbonyl (C=O) groups is 1. The van der Waals surface area contributed by atoms with Crippen LogP contribution >= 0.6 is 0 Å². The summed E-state index contributed by atoms with van der Waals surface area (Å²) < 4.78 is 17.4. The number of hydrogen-bond donors (Lipinski definition) is 0. The monoisotopic (exact) mass is 463 g/mol. The Morgan fingerprint density at radius 2 is 1.74 bits per heavy atom. The Kier molecular flexibility index (Phi) is 9.04. The van der Waals surface area contributed by atoms with Crippen LogP contribution in [0.5, 0.6) is 0 Å². The summed E-state index contributed by atoms with van der Waals surface area (Å²) in [6.07, 6.45) is 0.847. The van der Waals surface area contributed by atoms with Crippen molar-refractivity contribution in [3.05, 3.63) is 83.9 Å². The van der Waals surface area contributed by atoms with Crippen LogP contribution in [-0.4, -0.2) is 50.0 Å². The summed E-state index contributed by atoms with van der Waals surface area (Å²) in [5.41, 5.74) is 2.30. The van der Waals surface area contributed by atoms with Crippen LogP contribution in [0.2, 0.25) is 0 Å². The second-order valence-electron chi connectivity index (χ2n) is 8.55. The van der Waals surface area contributed by atoms with Gasteiger partial charge < -0.3 is 14.2 Å². The minimum Gasteiger partial charge on any atom is -0.464 e. The van der Waals surface area contributed by atoms with Gasteiger partial charge in [0.1, 0.15) is 0 Å². The van der Waals surface area contributed by atoms with Crippen LogP contribution < -0.4 is 0 Å². The topological polar surface area (TPSA) is 57.2 Å². The number of fused-ring (bicyclic) bond motifs is 1. The molecule has 1 heterocycles. The van der Waals surface area contributed by atoms with Crippen LogP contribution in [0, 0.1) is 5.92 Å². The van der Waals surface area contributed by atoms with Crippen molar-refractivity contribution in [1.29, 1.82) is 0 Å². The Balaban J connectivity index is 1.34. The van der Waals surface area contributed by atoms with Crippen LogP contribution in [0.1, 0.15) is 24.5 Å². The van der Waals surface area contributed by atoms with E-state index in [4.69, 9.17) is 19.0 Å². The Morgan fingerprint density at radius 3 is 2.56 bits per heavy atom. The molecule has 6 heteroatoms. The molecule has 3 aromatic rings. The average molecular weight is 464 g/mol. The second kappa shape index (κ2) is 12.6. The highest BCUT2D eigenvalue weighted by atomic mass is 16.7. The summed E-state index contributed by atoms with van der Waals surface area (Å²) >= 11 is 0. The van der Waals surface area contributed by atoms with Crippen molar-refractivity contribution in [3.63, 3.8) is 0 Å². The molecule has 0 aliphatic carbocycles. The molecule has 0 radical (unpaired) electrons. The molecule has 2 atom stereocenters. The van der Waals surface area contributed by atoms with Gasteiger partial charge >= 0.3 is 5.97 Å². The maximum Gasteiger partial charge on any atom is 0.334 e. The fourth-order valence-electron chi connectivity index (χ4n) is 4.25. The zero-order chi connectivity index (χ0) is 23.6. The molecular weight excluding hydrogens is 430 g/mol. The predicted octanol–water partition coefficient (Wildman–Crippen LogP) is 4.76. The first-order valence-corrected chi connectivity index (χ1v) is 12.0. The highest BCUT2D eigenvalue weighted by Gasteiger charge is 2.31. The van der Waals surface area contributed by atoms with Crippen molar-refractivity contribution >= 4 is 16.7 Å². The first-order valence-electron chi connectivity index (χ1n) is 12.0. The number of nitrogens with zero attached hydrogens (tertiary/aromatic N) is 1. The van der Waals surface area contributed by atoms with Crippen LogP contribution in [-0.2, 0) is 37.1 Å². The van der Waals surface area contributed by atoms with Gasteiger partial charge in [0.25, 0.3) is 0 Å². The van der Waals surface area contributed by atoms with Crippen molar-refractivity contribution in [2.45, 2.75) is 32.7 Å². The lowest BCUT2D eigenvalue weighted by Gasteiger charge is -2.37. The van der Waals surface area contributed by atoms with E-state index < -0.39 is 0 Å². The smallest absolute Gasteiger partial charge is 0.334 e. The van der Waals surface area contributed by atoms with E-state index in [1.165, 1.54) is 10.8 Å². The molecular formula is C28H33NO5. The van der Waals surface area contributed by atoms with Gasteiger partial charge in [-0.3, -0.25) is 4.84 Å². The van der Waals surface area contributed by atoms with E-state index in [1.54, 1.807) is 6.92 Å². The predicted molar refractivity (Wildman–Crippen MR) is 131 cm³/mol. The van der Waals surface area contributed by atoms with Gasteiger partial charge in [0.15, 0.2) is 6.61 Å². The summed E-state index contributed by atoms with van der Waals surface area (Å²) in [4.78, 5) is 17.4. The van der Waals surface area contributed by atoms with Crippen molar-refractivity contribution in [2.24, 2.45) is 5.92 Å². The fourth-order valence-corrected chi connectivity index (χ4v) is 4.25. The first-order chi connectivity index (χ1) is 16.7. The van der Waals surface area contributed by atoms with Gasteiger partial charge in [0.2, 0.25) is 0 Å². The fraction of sp³-hybridized carbons (Fsp3) is 0.393. The Morgan fingerprint density at radius 1 is 0.941 bits per heavy atom. The number of hydroxylamine groups is 2. The molecule has 1 fully saturated rings. The Bertz CT molecular complexity index is 1040. The number of benzene rings is 3. The number of hydrogen-bond acceptors (Lipinski definition) is 6. The number of ether oxygens (including phenoxy) is 3. The quantitative estimate of drug-likeness (QED) is 0.382. The molecule has 6 nitrogen and oxygen atoms in total. The molecule has 0 bridgehead atoms. The molecule has 1 aliphatic rings. The standard InChI is InChI=1S/C28H33NO5/c1-2-32-28(30)21-34-29-15-14-27(26(17-29)20-31-18-22-8-4-3-5-9-22)33-19-23-12-13-24-10-6-7-11-25(24)16-23/h3-13,16,26-27H,2,14-15,17-21H2,1H3/t26-,27+/m1/s1. The van der Waals surface area contributed by atoms with Crippen LogP contribution in [0.4, 0.5) is 0 Å². The molecule has 34 heavy (non-hydrogen) atoms. The minimum absolute atomic E-state index is 0.0460. The maximum atomic E-state index is 11.7. The second-order valence-corrected chi connectivity index (χ2v) is 8.55. The SMILES string of the molecule is CCOC(=O)CON1CC[C@H](OCc2ccc3ccccc3c2)[C@@H](COCc2ccccc2)C1. The van der Waals surface area contributed by atoms with E-state index in [1.807, 2.05) is 23.3 Å². The molecule has 0 unspecified atom stereocenters. The lowest BCUT2D eigenvalue weighted by Crippen LogP contribution is -2.46. The highest BCUT2D eigenvalue weighted by Crippen LogP contribution is 2.24. The molecule has 3 aromatic carbocycles. The van der Waals surface area contributed by atoms with Gasteiger partial charge in [-0.25, -0.2) is 4.79 Å². The third kappa shape index (κ3) is 7.11. The van der Waals surface area contributed by atoms with Gasteiger partial charge in [-0.05, 0) is 41.3 Å². The lowest BCUT2D eigenvalue weighted by molar-refractivity contribution is -0.213. The Labute approximate surface area is 201 Å². The average Bonchev–Trinajstić information content (AvgIpc) is 2.87. The molecule has 0 aromatic heterocycles. The van der Waals surface area contributed by atoms with Crippen molar-refractivity contribution in [1.82, 2.24) is 5.06 Å². The molecule has 0 saturated carbocycles. The molecule has 1 saturated heterocycles. The third-order valence-corrected chi connectivity index (χ3v) is 6.02. The van der Waals surface area contributed by atoms with Crippen molar-refractivity contribution < 1.29 is 23.8 Å². The molecule has 1 aliphatic heterocycles. The van der Waals surface area contributed by atoms with Crippen LogP contribution in [0.15, 0.2) is 72.8 Å². The van der Waals surface area contributed by atoms with E-state index in [0.29, 0.717) is 39.5 Å². The summed E-state index contributed by atoms with van der Waals surface area (Å²) in [7, 11) is 0. The summed E-state index contributed by atoms with van der Waals surface area (Å²) in [6, 6.07) is 24.9. The summed E-state index contributed by atoms with van der Waals surface area (Å²) in [5, 5.41) is 4.28. The van der Waals surface area contributed by atoms with Crippen molar-refractivity contribution in [2.75, 3.05) is 32.9 Å². The normalized spacial score (nSPS) is 18.7. The Hall–Kier alpha value is -2.77.